The molecule has 0 radical (unpaired) electrons. The van der Waals surface area contributed by atoms with E-state index in [4.69, 9.17) is 17.4 Å². The van der Waals surface area contributed by atoms with Gasteiger partial charge in [0.1, 0.15) is 5.65 Å². The van der Waals surface area contributed by atoms with Crippen LogP contribution in [0.3, 0.4) is 0 Å². The van der Waals surface area contributed by atoms with Crippen molar-refractivity contribution in [2.45, 2.75) is 19.4 Å². The Balaban J connectivity index is 1.51. The van der Waals surface area contributed by atoms with Crippen molar-refractivity contribution in [3.05, 3.63) is 64.9 Å². The molecule has 3 N–H and O–H groups in total. The molecule has 134 valence electrons. The standard InChI is InChI=1S/C20H22ClN5/c21-17-12-24-20-16(6-9-23-20)18(17)19(25-22)15-7-10-26(11-8-15)13-14-4-2-1-3-5-14/h1-6,9,12,15H,7-8,10-11,13,22H2,(H,23,24)/b25-19-. The summed E-state index contributed by atoms with van der Waals surface area (Å²) in [6, 6.07) is 12.6. The lowest BCUT2D eigenvalue weighted by molar-refractivity contribution is 0.202. The molecule has 1 fully saturated rings. The lowest BCUT2D eigenvalue weighted by atomic mass is 9.87. The number of hydrogen-bond acceptors (Lipinski definition) is 4. The van der Waals surface area contributed by atoms with E-state index in [-0.39, 0.29) is 0 Å². The van der Waals surface area contributed by atoms with Gasteiger partial charge in [-0.1, -0.05) is 41.9 Å². The largest absolute Gasteiger partial charge is 0.346 e. The van der Waals surface area contributed by atoms with Crippen molar-refractivity contribution >= 4 is 28.3 Å². The van der Waals surface area contributed by atoms with Gasteiger partial charge in [-0.15, -0.1) is 0 Å². The molecule has 0 bridgehead atoms. The summed E-state index contributed by atoms with van der Waals surface area (Å²) in [6.45, 7) is 3.04. The monoisotopic (exact) mass is 367 g/mol. The Bertz CT molecular complexity index is 910. The molecule has 1 aliphatic heterocycles. The van der Waals surface area contributed by atoms with Gasteiger partial charge in [0.2, 0.25) is 0 Å². The van der Waals surface area contributed by atoms with Crippen LogP contribution < -0.4 is 5.84 Å². The molecule has 3 heterocycles. The molecule has 3 aromatic rings. The van der Waals surface area contributed by atoms with Crippen LogP contribution in [-0.4, -0.2) is 33.7 Å². The first-order valence-electron chi connectivity index (χ1n) is 8.92. The highest BCUT2D eigenvalue weighted by Gasteiger charge is 2.27. The summed E-state index contributed by atoms with van der Waals surface area (Å²) in [6.07, 6.45) is 5.58. The highest BCUT2D eigenvalue weighted by Crippen LogP contribution is 2.30. The summed E-state index contributed by atoms with van der Waals surface area (Å²) in [5.41, 5.74) is 3.97. The number of piperidine rings is 1. The second-order valence-corrected chi connectivity index (χ2v) is 7.18. The molecule has 0 amide bonds. The summed E-state index contributed by atoms with van der Waals surface area (Å²) in [5, 5.41) is 5.74. The van der Waals surface area contributed by atoms with Gasteiger partial charge in [-0.05, 0) is 37.6 Å². The fourth-order valence-electron chi connectivity index (χ4n) is 3.82. The lowest BCUT2D eigenvalue weighted by Crippen LogP contribution is -2.36. The predicted octanol–water partition coefficient (Wildman–Crippen LogP) is 3.79. The van der Waals surface area contributed by atoms with E-state index < -0.39 is 0 Å². The minimum atomic E-state index is 0.310. The summed E-state index contributed by atoms with van der Waals surface area (Å²) < 4.78 is 0. The topological polar surface area (TPSA) is 70.3 Å². The van der Waals surface area contributed by atoms with Crippen molar-refractivity contribution in [1.29, 1.82) is 0 Å². The van der Waals surface area contributed by atoms with E-state index in [1.54, 1.807) is 6.20 Å². The number of pyridine rings is 1. The van der Waals surface area contributed by atoms with Gasteiger partial charge >= 0.3 is 0 Å². The van der Waals surface area contributed by atoms with Crippen molar-refractivity contribution in [2.24, 2.45) is 16.9 Å². The molecule has 1 aliphatic rings. The highest BCUT2D eigenvalue weighted by molar-refractivity contribution is 6.36. The number of likely N-dealkylation sites (tertiary alicyclic amines) is 1. The Morgan fingerprint density at radius 1 is 1.23 bits per heavy atom. The molecule has 5 nitrogen and oxygen atoms in total. The first-order valence-corrected chi connectivity index (χ1v) is 9.30. The Labute approximate surface area is 157 Å². The van der Waals surface area contributed by atoms with E-state index in [0.29, 0.717) is 10.9 Å². The van der Waals surface area contributed by atoms with Crippen LogP contribution in [0.4, 0.5) is 0 Å². The number of hydrogen-bond donors (Lipinski definition) is 2. The first-order chi connectivity index (χ1) is 12.8. The maximum Gasteiger partial charge on any atom is 0.137 e. The zero-order valence-corrected chi connectivity index (χ0v) is 15.3. The molecule has 0 saturated carbocycles. The van der Waals surface area contributed by atoms with E-state index in [0.717, 1.165) is 54.8 Å². The highest BCUT2D eigenvalue weighted by atomic mass is 35.5. The Kier molecular flexibility index (Phi) is 4.91. The lowest BCUT2D eigenvalue weighted by Gasteiger charge is -2.32. The summed E-state index contributed by atoms with van der Waals surface area (Å²) in [7, 11) is 0. The minimum Gasteiger partial charge on any atom is -0.346 e. The number of halogens is 1. The number of hydrazone groups is 1. The number of benzene rings is 1. The van der Waals surface area contributed by atoms with Crippen LogP contribution in [0.5, 0.6) is 0 Å². The molecule has 2 aromatic heterocycles. The summed E-state index contributed by atoms with van der Waals surface area (Å²) in [4.78, 5) is 9.95. The molecule has 26 heavy (non-hydrogen) atoms. The molecular formula is C20H22ClN5. The second-order valence-electron chi connectivity index (χ2n) is 6.77. The van der Waals surface area contributed by atoms with Crippen molar-refractivity contribution in [3.63, 3.8) is 0 Å². The maximum atomic E-state index is 6.47. The molecule has 1 aromatic carbocycles. The minimum absolute atomic E-state index is 0.310. The second kappa shape index (κ2) is 7.48. The summed E-state index contributed by atoms with van der Waals surface area (Å²) >= 11 is 6.47. The quantitative estimate of drug-likeness (QED) is 0.418. The van der Waals surface area contributed by atoms with Crippen LogP contribution in [0.1, 0.15) is 24.0 Å². The van der Waals surface area contributed by atoms with Gasteiger partial charge in [0, 0.05) is 35.8 Å². The van der Waals surface area contributed by atoms with Gasteiger partial charge < -0.3 is 10.8 Å². The third kappa shape index (κ3) is 3.32. The number of rotatable bonds is 4. The smallest absolute Gasteiger partial charge is 0.137 e. The zero-order valence-electron chi connectivity index (χ0n) is 14.5. The zero-order chi connectivity index (χ0) is 17.9. The number of nitrogens with zero attached hydrogens (tertiary/aromatic N) is 3. The third-order valence-corrected chi connectivity index (χ3v) is 5.45. The number of H-pyrrole nitrogens is 1. The fourth-order valence-corrected chi connectivity index (χ4v) is 4.07. The van der Waals surface area contributed by atoms with E-state index >= 15 is 0 Å². The SMILES string of the molecule is N/N=C(\c1c(Cl)cnc2[nH]ccc12)C1CCN(Cc2ccccc2)CC1. The number of aromatic nitrogens is 2. The molecule has 1 saturated heterocycles. The van der Waals surface area contributed by atoms with E-state index in [1.165, 1.54) is 5.56 Å². The Morgan fingerprint density at radius 3 is 2.73 bits per heavy atom. The van der Waals surface area contributed by atoms with Crippen molar-refractivity contribution in [1.82, 2.24) is 14.9 Å². The van der Waals surface area contributed by atoms with Crippen molar-refractivity contribution < 1.29 is 0 Å². The van der Waals surface area contributed by atoms with Gasteiger partial charge in [0.15, 0.2) is 0 Å². The normalized spacial score (nSPS) is 17.0. The van der Waals surface area contributed by atoms with E-state index in [1.807, 2.05) is 12.3 Å². The molecule has 0 unspecified atom stereocenters. The Hall–Kier alpha value is -2.37. The fraction of sp³-hybridized carbons (Fsp3) is 0.300. The Morgan fingerprint density at radius 2 is 2.00 bits per heavy atom. The van der Waals surface area contributed by atoms with Gasteiger partial charge in [-0.3, -0.25) is 4.90 Å². The van der Waals surface area contributed by atoms with Crippen LogP contribution in [-0.2, 0) is 6.54 Å². The molecular weight excluding hydrogens is 346 g/mol. The van der Waals surface area contributed by atoms with Gasteiger partial charge in [0.05, 0.1) is 10.7 Å². The molecule has 0 atom stereocenters. The van der Waals surface area contributed by atoms with Crippen LogP contribution in [0.15, 0.2) is 53.9 Å². The van der Waals surface area contributed by atoms with Gasteiger partial charge in [-0.2, -0.15) is 5.10 Å². The van der Waals surface area contributed by atoms with Gasteiger partial charge in [0.25, 0.3) is 0 Å². The molecule has 0 spiro atoms. The van der Waals surface area contributed by atoms with Crippen LogP contribution in [0.2, 0.25) is 5.02 Å². The molecule has 0 aliphatic carbocycles. The van der Waals surface area contributed by atoms with Crippen LogP contribution in [0, 0.1) is 5.92 Å². The van der Waals surface area contributed by atoms with Crippen LogP contribution >= 0.6 is 11.6 Å². The summed E-state index contributed by atoms with van der Waals surface area (Å²) in [5.74, 6) is 6.12. The average Bonchev–Trinajstić information content (AvgIpc) is 3.15. The average molecular weight is 368 g/mol. The maximum absolute atomic E-state index is 6.47. The van der Waals surface area contributed by atoms with E-state index in [2.05, 4.69) is 50.3 Å². The number of aromatic amines is 1. The van der Waals surface area contributed by atoms with Gasteiger partial charge in [-0.25, -0.2) is 4.98 Å². The van der Waals surface area contributed by atoms with Crippen molar-refractivity contribution in [3.8, 4) is 0 Å². The third-order valence-electron chi connectivity index (χ3n) is 5.16. The predicted molar refractivity (Wildman–Crippen MR) is 106 cm³/mol. The van der Waals surface area contributed by atoms with E-state index in [9.17, 15) is 0 Å². The number of nitrogens with two attached hydrogens (primary N) is 1. The number of fused-ring (bicyclic) bond motifs is 1. The van der Waals surface area contributed by atoms with Crippen LogP contribution in [0.25, 0.3) is 11.0 Å². The van der Waals surface area contributed by atoms with Crippen molar-refractivity contribution in [2.75, 3.05) is 13.1 Å². The first kappa shape index (κ1) is 17.1. The molecule has 4 rings (SSSR count). The molecule has 6 heteroatoms. The number of nitrogens with one attached hydrogen (secondary N) is 1.